The molecule has 0 aliphatic heterocycles. The van der Waals surface area contributed by atoms with Crippen LogP contribution in [0.15, 0.2) is 18.2 Å². The largest absolute Gasteiger partial charge is 0.493 e. The van der Waals surface area contributed by atoms with E-state index in [4.69, 9.17) is 14.7 Å². The van der Waals surface area contributed by atoms with Gasteiger partial charge >= 0.3 is 0 Å². The Balaban J connectivity index is 2.04. The molecule has 0 aromatic heterocycles. The van der Waals surface area contributed by atoms with Gasteiger partial charge in [-0.2, -0.15) is 5.26 Å². The molecular weight excluding hydrogens is 202 g/mol. The number of ether oxygens (including phenoxy) is 2. The number of rotatable bonds is 4. The van der Waals surface area contributed by atoms with E-state index in [0.29, 0.717) is 17.2 Å². The lowest BCUT2D eigenvalue weighted by Gasteiger charge is -2.25. The van der Waals surface area contributed by atoms with Crippen molar-refractivity contribution in [2.75, 3.05) is 13.7 Å². The van der Waals surface area contributed by atoms with Gasteiger partial charge in [0.05, 0.1) is 25.3 Å². The number of nitriles is 1. The molecule has 16 heavy (non-hydrogen) atoms. The SMILES string of the molecule is COc1cc(C#N)ccc1OCC1CCC1. The average molecular weight is 217 g/mol. The van der Waals surface area contributed by atoms with Gasteiger partial charge in [0.25, 0.3) is 0 Å². The van der Waals surface area contributed by atoms with Crippen LogP contribution >= 0.6 is 0 Å². The molecule has 0 unspecified atom stereocenters. The third kappa shape index (κ3) is 2.27. The van der Waals surface area contributed by atoms with Crippen LogP contribution in [0.4, 0.5) is 0 Å². The van der Waals surface area contributed by atoms with Crippen LogP contribution in [0.1, 0.15) is 24.8 Å². The number of hydrogen-bond donors (Lipinski definition) is 0. The molecule has 0 N–H and O–H groups in total. The average Bonchev–Trinajstić information content (AvgIpc) is 2.27. The van der Waals surface area contributed by atoms with Gasteiger partial charge in [-0.1, -0.05) is 6.42 Å². The van der Waals surface area contributed by atoms with E-state index in [1.54, 1.807) is 25.3 Å². The summed E-state index contributed by atoms with van der Waals surface area (Å²) in [6.07, 6.45) is 3.84. The Morgan fingerprint density at radius 3 is 2.75 bits per heavy atom. The highest BCUT2D eigenvalue weighted by Crippen LogP contribution is 2.31. The Morgan fingerprint density at radius 2 is 2.19 bits per heavy atom. The Hall–Kier alpha value is -1.69. The van der Waals surface area contributed by atoms with Crippen LogP contribution in [0.3, 0.4) is 0 Å². The van der Waals surface area contributed by atoms with Crippen molar-refractivity contribution in [2.24, 2.45) is 5.92 Å². The molecule has 2 rings (SSSR count). The third-order valence-electron chi connectivity index (χ3n) is 2.99. The molecule has 0 saturated heterocycles. The van der Waals surface area contributed by atoms with E-state index in [-0.39, 0.29) is 0 Å². The molecule has 0 spiro atoms. The molecule has 0 amide bonds. The fourth-order valence-corrected chi connectivity index (χ4v) is 1.72. The normalized spacial score (nSPS) is 15.0. The number of benzene rings is 1. The zero-order valence-corrected chi connectivity index (χ0v) is 9.40. The Bertz CT molecular complexity index is 405. The first-order chi connectivity index (χ1) is 7.83. The molecule has 84 valence electrons. The van der Waals surface area contributed by atoms with Gasteiger partial charge in [0, 0.05) is 6.07 Å². The van der Waals surface area contributed by atoms with Crippen molar-refractivity contribution in [1.29, 1.82) is 5.26 Å². The van der Waals surface area contributed by atoms with Crippen molar-refractivity contribution in [3.05, 3.63) is 23.8 Å². The van der Waals surface area contributed by atoms with E-state index in [1.165, 1.54) is 19.3 Å². The lowest BCUT2D eigenvalue weighted by atomic mass is 9.86. The molecule has 0 heterocycles. The molecule has 1 aromatic rings. The van der Waals surface area contributed by atoms with Gasteiger partial charge in [-0.15, -0.1) is 0 Å². The standard InChI is InChI=1S/C13H15NO2/c1-15-13-7-11(8-14)5-6-12(13)16-9-10-3-2-4-10/h5-7,10H,2-4,9H2,1H3. The fourth-order valence-electron chi connectivity index (χ4n) is 1.72. The molecule has 0 radical (unpaired) electrons. The Morgan fingerprint density at radius 1 is 1.38 bits per heavy atom. The predicted molar refractivity (Wildman–Crippen MR) is 60.5 cm³/mol. The molecule has 1 aromatic carbocycles. The van der Waals surface area contributed by atoms with E-state index < -0.39 is 0 Å². The van der Waals surface area contributed by atoms with Crippen molar-refractivity contribution in [2.45, 2.75) is 19.3 Å². The zero-order valence-electron chi connectivity index (χ0n) is 9.40. The second-order valence-corrected chi connectivity index (χ2v) is 4.09. The Kier molecular flexibility index (Phi) is 3.31. The fraction of sp³-hybridized carbons (Fsp3) is 0.462. The second-order valence-electron chi connectivity index (χ2n) is 4.09. The summed E-state index contributed by atoms with van der Waals surface area (Å²) in [7, 11) is 1.59. The van der Waals surface area contributed by atoms with Crippen LogP contribution in [0, 0.1) is 17.2 Å². The molecule has 0 atom stereocenters. The molecule has 1 fully saturated rings. The molecule has 3 nitrogen and oxygen atoms in total. The minimum Gasteiger partial charge on any atom is -0.493 e. The summed E-state index contributed by atoms with van der Waals surface area (Å²) in [5, 5.41) is 8.77. The van der Waals surface area contributed by atoms with Gasteiger partial charge in [-0.25, -0.2) is 0 Å². The molecular formula is C13H15NO2. The molecule has 0 bridgehead atoms. The van der Waals surface area contributed by atoms with Crippen LogP contribution in [0.2, 0.25) is 0 Å². The maximum Gasteiger partial charge on any atom is 0.162 e. The minimum atomic E-state index is 0.591. The van der Waals surface area contributed by atoms with E-state index in [9.17, 15) is 0 Å². The maximum absolute atomic E-state index is 8.77. The van der Waals surface area contributed by atoms with Crippen LogP contribution in [-0.4, -0.2) is 13.7 Å². The first-order valence-corrected chi connectivity index (χ1v) is 5.54. The van der Waals surface area contributed by atoms with Crippen molar-refractivity contribution in [3.63, 3.8) is 0 Å². The van der Waals surface area contributed by atoms with Gasteiger partial charge in [-0.3, -0.25) is 0 Å². The topological polar surface area (TPSA) is 42.2 Å². The highest BCUT2D eigenvalue weighted by atomic mass is 16.5. The van der Waals surface area contributed by atoms with Crippen LogP contribution in [0.5, 0.6) is 11.5 Å². The predicted octanol–water partition coefficient (Wildman–Crippen LogP) is 2.75. The van der Waals surface area contributed by atoms with Crippen LogP contribution in [-0.2, 0) is 0 Å². The Labute approximate surface area is 95.6 Å². The van der Waals surface area contributed by atoms with Crippen molar-refractivity contribution < 1.29 is 9.47 Å². The molecule has 1 aliphatic carbocycles. The van der Waals surface area contributed by atoms with E-state index in [0.717, 1.165) is 12.4 Å². The van der Waals surface area contributed by atoms with Crippen LogP contribution in [0.25, 0.3) is 0 Å². The van der Waals surface area contributed by atoms with Gasteiger partial charge < -0.3 is 9.47 Å². The number of methoxy groups -OCH3 is 1. The molecule has 1 aliphatic rings. The quantitative estimate of drug-likeness (QED) is 0.778. The monoisotopic (exact) mass is 217 g/mol. The maximum atomic E-state index is 8.77. The van der Waals surface area contributed by atoms with Crippen molar-refractivity contribution >= 4 is 0 Å². The summed E-state index contributed by atoms with van der Waals surface area (Å²) in [4.78, 5) is 0. The van der Waals surface area contributed by atoms with Crippen molar-refractivity contribution in [1.82, 2.24) is 0 Å². The lowest BCUT2D eigenvalue weighted by Crippen LogP contribution is -2.19. The molecule has 3 heteroatoms. The van der Waals surface area contributed by atoms with Crippen molar-refractivity contribution in [3.8, 4) is 17.6 Å². The summed E-state index contributed by atoms with van der Waals surface area (Å²) in [6, 6.07) is 7.34. The van der Waals surface area contributed by atoms with Gasteiger partial charge in [-0.05, 0) is 30.9 Å². The summed E-state index contributed by atoms with van der Waals surface area (Å²) in [5.74, 6) is 2.06. The number of nitrogens with zero attached hydrogens (tertiary/aromatic N) is 1. The summed E-state index contributed by atoms with van der Waals surface area (Å²) < 4.78 is 10.9. The summed E-state index contributed by atoms with van der Waals surface area (Å²) in [5.41, 5.74) is 0.591. The second kappa shape index (κ2) is 4.89. The zero-order chi connectivity index (χ0) is 11.4. The minimum absolute atomic E-state index is 0.591. The number of hydrogen-bond acceptors (Lipinski definition) is 3. The van der Waals surface area contributed by atoms with E-state index in [2.05, 4.69) is 6.07 Å². The third-order valence-corrected chi connectivity index (χ3v) is 2.99. The van der Waals surface area contributed by atoms with Crippen LogP contribution < -0.4 is 9.47 Å². The highest BCUT2D eigenvalue weighted by Gasteiger charge is 2.18. The summed E-state index contributed by atoms with van der Waals surface area (Å²) >= 11 is 0. The smallest absolute Gasteiger partial charge is 0.162 e. The highest BCUT2D eigenvalue weighted by molar-refractivity contribution is 5.46. The summed E-state index contributed by atoms with van der Waals surface area (Å²) in [6.45, 7) is 0.752. The first-order valence-electron chi connectivity index (χ1n) is 5.54. The van der Waals surface area contributed by atoms with E-state index >= 15 is 0 Å². The van der Waals surface area contributed by atoms with Gasteiger partial charge in [0.15, 0.2) is 11.5 Å². The molecule has 1 saturated carbocycles. The van der Waals surface area contributed by atoms with E-state index in [1.807, 2.05) is 0 Å². The first kappa shape index (κ1) is 10.8. The van der Waals surface area contributed by atoms with Gasteiger partial charge in [0.2, 0.25) is 0 Å². The lowest BCUT2D eigenvalue weighted by molar-refractivity contribution is 0.176. The van der Waals surface area contributed by atoms with Gasteiger partial charge in [0.1, 0.15) is 0 Å².